The van der Waals surface area contributed by atoms with Gasteiger partial charge in [-0.3, -0.25) is 9.63 Å². The zero-order valence-corrected chi connectivity index (χ0v) is 23.8. The molecule has 1 unspecified atom stereocenters. The van der Waals surface area contributed by atoms with Crippen molar-refractivity contribution in [3.05, 3.63) is 0 Å². The number of carboxylic acid groups (broad SMARTS) is 1. The van der Waals surface area contributed by atoms with Crippen LogP contribution in [0.2, 0.25) is 0 Å². The first kappa shape index (κ1) is 31.4. The molecular weight excluding hydrogens is 422 g/mol. The Balaban J connectivity index is 2.27. The van der Waals surface area contributed by atoms with E-state index in [9.17, 15) is 9.90 Å². The minimum Gasteiger partial charge on any atom is -0.481 e. The minimum atomic E-state index is -0.603. The molecule has 0 aromatic heterocycles. The summed E-state index contributed by atoms with van der Waals surface area (Å²) in [6.45, 7) is 14.0. The third kappa shape index (κ3) is 11.9. The minimum absolute atomic E-state index is 0.148. The van der Waals surface area contributed by atoms with Crippen LogP contribution in [0.25, 0.3) is 0 Å². The van der Waals surface area contributed by atoms with Crippen LogP contribution in [0.5, 0.6) is 0 Å². The maximum Gasteiger partial charge on any atom is 0.306 e. The molecule has 1 aliphatic rings. The van der Waals surface area contributed by atoms with Crippen LogP contribution in [0.3, 0.4) is 0 Å². The van der Waals surface area contributed by atoms with Crippen LogP contribution in [-0.2, 0) is 9.63 Å². The van der Waals surface area contributed by atoms with Crippen LogP contribution in [0.4, 0.5) is 0 Å². The van der Waals surface area contributed by atoms with Crippen molar-refractivity contribution in [2.24, 2.45) is 11.8 Å². The van der Waals surface area contributed by atoms with Crippen molar-refractivity contribution in [2.75, 3.05) is 6.61 Å². The van der Waals surface area contributed by atoms with E-state index in [-0.39, 0.29) is 22.9 Å². The predicted molar refractivity (Wildman–Crippen MR) is 145 cm³/mol. The molecule has 1 saturated heterocycles. The van der Waals surface area contributed by atoms with Crippen molar-refractivity contribution in [1.82, 2.24) is 5.06 Å². The number of aliphatic carboxylic acids is 1. The lowest BCUT2D eigenvalue weighted by atomic mass is 9.69. The lowest BCUT2D eigenvalue weighted by molar-refractivity contribution is -0.290. The fourth-order valence-electron chi connectivity index (χ4n) is 6.28. The molecule has 0 aromatic carbocycles. The molecule has 0 amide bonds. The molecule has 1 atom stereocenters. The highest BCUT2D eigenvalue weighted by molar-refractivity contribution is 5.70. The molecule has 0 aliphatic carbocycles. The van der Waals surface area contributed by atoms with Crippen molar-refractivity contribution in [1.29, 1.82) is 0 Å². The molecule has 0 spiro atoms. The average Bonchev–Trinajstić information content (AvgIpc) is 2.74. The largest absolute Gasteiger partial charge is 0.481 e. The van der Waals surface area contributed by atoms with Gasteiger partial charge in [0.2, 0.25) is 0 Å². The highest BCUT2D eigenvalue weighted by atomic mass is 16.7. The molecule has 1 N–H and O–H groups in total. The van der Waals surface area contributed by atoms with E-state index in [1.165, 1.54) is 83.5 Å². The smallest absolute Gasteiger partial charge is 0.306 e. The van der Waals surface area contributed by atoms with Crippen LogP contribution in [-0.4, -0.2) is 33.8 Å². The highest BCUT2D eigenvalue weighted by Gasteiger charge is 2.49. The van der Waals surface area contributed by atoms with E-state index in [2.05, 4.69) is 46.6 Å². The van der Waals surface area contributed by atoms with Crippen molar-refractivity contribution in [3.8, 4) is 0 Å². The van der Waals surface area contributed by atoms with E-state index in [4.69, 9.17) is 4.84 Å². The van der Waals surface area contributed by atoms with Gasteiger partial charge in [0.1, 0.15) is 0 Å². The first-order chi connectivity index (χ1) is 16.2. The van der Waals surface area contributed by atoms with E-state index >= 15 is 0 Å². The van der Waals surface area contributed by atoms with Crippen LogP contribution >= 0.6 is 0 Å². The molecule has 1 rings (SSSR count). The van der Waals surface area contributed by atoms with Gasteiger partial charge in [-0.25, -0.2) is 0 Å². The van der Waals surface area contributed by atoms with Gasteiger partial charge in [0.25, 0.3) is 0 Å². The molecule has 0 radical (unpaired) electrons. The lowest BCUT2D eigenvalue weighted by Crippen LogP contribution is -2.61. The molecule has 4 heteroatoms. The summed E-state index contributed by atoms with van der Waals surface area (Å²) in [6.07, 6.45) is 22.3. The quantitative estimate of drug-likeness (QED) is 0.176. The molecule has 0 aromatic rings. The normalized spacial score (nSPS) is 19.4. The molecule has 0 bridgehead atoms. The first-order valence-electron chi connectivity index (χ1n) is 14.8. The number of unbranched alkanes of at least 4 members (excludes halogenated alkanes) is 13. The number of piperidine rings is 1. The zero-order chi connectivity index (χ0) is 25.5. The number of rotatable bonds is 20. The SMILES string of the molecule is CCCCCCCCCCCCCCCCC(C(=O)O)C1CC(C)(C)N(OCCC)C(C)(C)C1. The average molecular weight is 482 g/mol. The molecular formula is C30H59NO3. The fraction of sp³-hybridized carbons (Fsp3) is 0.967. The van der Waals surface area contributed by atoms with Crippen LogP contribution in [0.15, 0.2) is 0 Å². The Bertz CT molecular complexity index is 513. The van der Waals surface area contributed by atoms with Crippen LogP contribution in [0, 0.1) is 11.8 Å². The summed E-state index contributed by atoms with van der Waals surface area (Å²) < 4.78 is 0. The van der Waals surface area contributed by atoms with E-state index in [0.717, 1.165) is 38.7 Å². The van der Waals surface area contributed by atoms with Gasteiger partial charge in [-0.15, -0.1) is 0 Å². The Kier molecular flexibility index (Phi) is 15.7. The zero-order valence-electron chi connectivity index (χ0n) is 23.8. The molecule has 1 heterocycles. The van der Waals surface area contributed by atoms with E-state index in [1.54, 1.807) is 0 Å². The van der Waals surface area contributed by atoms with Crippen molar-refractivity contribution >= 4 is 5.97 Å². The summed E-state index contributed by atoms with van der Waals surface area (Å²) in [5, 5.41) is 12.2. The fourth-order valence-corrected chi connectivity index (χ4v) is 6.28. The van der Waals surface area contributed by atoms with Gasteiger partial charge in [-0.1, -0.05) is 104 Å². The topological polar surface area (TPSA) is 49.8 Å². The molecule has 202 valence electrons. The summed E-state index contributed by atoms with van der Waals surface area (Å²) >= 11 is 0. The number of hydrogen-bond donors (Lipinski definition) is 1. The van der Waals surface area contributed by atoms with Gasteiger partial charge >= 0.3 is 5.97 Å². The summed E-state index contributed by atoms with van der Waals surface area (Å²) in [4.78, 5) is 18.3. The molecule has 0 saturated carbocycles. The van der Waals surface area contributed by atoms with Gasteiger partial charge in [-0.2, -0.15) is 5.06 Å². The van der Waals surface area contributed by atoms with Crippen molar-refractivity contribution in [3.63, 3.8) is 0 Å². The summed E-state index contributed by atoms with van der Waals surface area (Å²) in [5.41, 5.74) is -0.296. The van der Waals surface area contributed by atoms with Gasteiger partial charge in [0.05, 0.1) is 12.5 Å². The standard InChI is InChI=1S/C30H59NO3/c1-7-9-10-11-12-13-14-15-16-17-18-19-20-21-22-27(28(32)33)26-24-29(3,4)31(34-23-8-2)30(5,6)25-26/h26-27H,7-25H2,1-6H3,(H,32,33). The maximum absolute atomic E-state index is 12.2. The number of hydroxylamine groups is 2. The monoisotopic (exact) mass is 481 g/mol. The number of carbonyl (C=O) groups is 1. The van der Waals surface area contributed by atoms with Crippen molar-refractivity contribution in [2.45, 2.75) is 168 Å². The van der Waals surface area contributed by atoms with E-state index < -0.39 is 5.97 Å². The third-order valence-electron chi connectivity index (χ3n) is 7.80. The predicted octanol–water partition coefficient (Wildman–Crippen LogP) is 9.17. The van der Waals surface area contributed by atoms with E-state index in [0.29, 0.717) is 0 Å². The second-order valence-corrected chi connectivity index (χ2v) is 12.3. The number of hydrogen-bond acceptors (Lipinski definition) is 3. The third-order valence-corrected chi connectivity index (χ3v) is 7.80. The summed E-state index contributed by atoms with van der Waals surface area (Å²) in [7, 11) is 0. The lowest BCUT2D eigenvalue weighted by Gasteiger charge is -2.54. The molecule has 4 nitrogen and oxygen atoms in total. The molecule has 34 heavy (non-hydrogen) atoms. The first-order valence-corrected chi connectivity index (χ1v) is 14.8. The second-order valence-electron chi connectivity index (χ2n) is 12.3. The van der Waals surface area contributed by atoms with Gasteiger partial charge in [-0.05, 0) is 59.3 Å². The molecule has 1 aliphatic heterocycles. The summed E-state index contributed by atoms with van der Waals surface area (Å²) in [5.74, 6) is -0.621. The number of nitrogens with zero attached hydrogens (tertiary/aromatic N) is 1. The van der Waals surface area contributed by atoms with Crippen LogP contribution in [0.1, 0.15) is 157 Å². The van der Waals surface area contributed by atoms with Crippen LogP contribution < -0.4 is 0 Å². The Morgan fingerprint density at radius 1 is 0.765 bits per heavy atom. The maximum atomic E-state index is 12.2. The second kappa shape index (κ2) is 17.0. The Morgan fingerprint density at radius 2 is 1.18 bits per heavy atom. The molecule has 1 fully saturated rings. The van der Waals surface area contributed by atoms with Gasteiger partial charge in [0, 0.05) is 11.1 Å². The number of carboxylic acids is 1. The van der Waals surface area contributed by atoms with Gasteiger partial charge < -0.3 is 5.11 Å². The Hall–Kier alpha value is -0.610. The van der Waals surface area contributed by atoms with E-state index in [1.807, 2.05) is 0 Å². The Morgan fingerprint density at radius 3 is 1.56 bits per heavy atom. The van der Waals surface area contributed by atoms with Crippen molar-refractivity contribution < 1.29 is 14.7 Å². The Labute approximate surface area is 212 Å². The summed E-state index contributed by atoms with van der Waals surface area (Å²) in [6, 6.07) is 0. The van der Waals surface area contributed by atoms with Gasteiger partial charge in [0.15, 0.2) is 0 Å². The highest BCUT2D eigenvalue weighted by Crippen LogP contribution is 2.45.